The summed E-state index contributed by atoms with van der Waals surface area (Å²) in [4.78, 5) is 18.3. The Bertz CT molecular complexity index is 1660. The molecule has 5 rings (SSSR count). The van der Waals surface area contributed by atoms with Gasteiger partial charge in [-0.1, -0.05) is 42.5 Å². The molecule has 1 aliphatic heterocycles. The van der Waals surface area contributed by atoms with Gasteiger partial charge in [0.2, 0.25) is 5.91 Å². The minimum atomic E-state index is -3.37. The molecule has 0 bridgehead atoms. The number of nitrogens with zero attached hydrogens (tertiary/aromatic N) is 5. The van der Waals surface area contributed by atoms with Crippen molar-refractivity contribution in [2.24, 2.45) is 5.41 Å². The summed E-state index contributed by atoms with van der Waals surface area (Å²) in [7, 11) is -3.37. The van der Waals surface area contributed by atoms with Crippen LogP contribution in [0.3, 0.4) is 0 Å². The second-order valence-corrected chi connectivity index (χ2v) is 14.9. The van der Waals surface area contributed by atoms with Crippen LogP contribution in [0, 0.1) is 12.3 Å². The van der Waals surface area contributed by atoms with Gasteiger partial charge in [0.1, 0.15) is 21.9 Å². The van der Waals surface area contributed by atoms with Gasteiger partial charge in [-0.2, -0.15) is 4.31 Å². The van der Waals surface area contributed by atoms with Crippen LogP contribution in [0.2, 0.25) is 0 Å². The van der Waals surface area contributed by atoms with Gasteiger partial charge in [0.15, 0.2) is 0 Å². The molecule has 1 amide bonds. The Hall–Kier alpha value is -3.81. The van der Waals surface area contributed by atoms with Crippen LogP contribution in [0.4, 0.5) is 5.69 Å². The van der Waals surface area contributed by atoms with Crippen molar-refractivity contribution < 1.29 is 23.4 Å². The molecule has 2 aromatic carbocycles. The van der Waals surface area contributed by atoms with Crippen molar-refractivity contribution in [2.75, 3.05) is 11.9 Å². The maximum atomic E-state index is 13.8. The van der Waals surface area contributed by atoms with Gasteiger partial charge in [0.05, 0.1) is 42.8 Å². The first kappa shape index (κ1) is 33.6. The van der Waals surface area contributed by atoms with Gasteiger partial charge in [0.25, 0.3) is 0 Å². The first-order chi connectivity index (χ1) is 21.8. The maximum absolute atomic E-state index is 13.8. The van der Waals surface area contributed by atoms with Crippen LogP contribution >= 0.6 is 10.8 Å². The van der Waals surface area contributed by atoms with E-state index in [1.807, 2.05) is 65.1 Å². The van der Waals surface area contributed by atoms with Crippen LogP contribution < -0.4 is 10.1 Å². The fourth-order valence-electron chi connectivity index (χ4n) is 5.59. The third kappa shape index (κ3) is 7.42. The lowest BCUT2D eigenvalue weighted by Gasteiger charge is -2.43. The smallest absolute Gasteiger partial charge is 0.233 e. The van der Waals surface area contributed by atoms with Crippen LogP contribution in [0.15, 0.2) is 78.1 Å². The molecule has 2 aromatic heterocycles. The number of anilines is 1. The summed E-state index contributed by atoms with van der Waals surface area (Å²) in [5.41, 5.74) is 2.14. The molecule has 0 fully saturated rings. The average Bonchev–Trinajstić information content (AvgIpc) is 3.43. The highest BCUT2D eigenvalue weighted by molar-refractivity contribution is 8.22. The largest absolute Gasteiger partial charge is 0.484 e. The number of nitrogens with one attached hydrogen (secondary N) is 1. The summed E-state index contributed by atoms with van der Waals surface area (Å²) in [6.45, 7) is 13.0. The predicted molar refractivity (Wildman–Crippen MR) is 178 cm³/mol. The van der Waals surface area contributed by atoms with Crippen LogP contribution in [0.1, 0.15) is 69.5 Å². The molecule has 12 heteroatoms. The van der Waals surface area contributed by atoms with E-state index < -0.39 is 27.9 Å². The summed E-state index contributed by atoms with van der Waals surface area (Å²) in [6, 6.07) is 16.5. The molecule has 0 saturated heterocycles. The number of fused-ring (bicyclic) bond motifs is 1. The summed E-state index contributed by atoms with van der Waals surface area (Å²) < 4.78 is 39.4. The van der Waals surface area contributed by atoms with Crippen LogP contribution in [-0.4, -0.2) is 51.4 Å². The summed E-state index contributed by atoms with van der Waals surface area (Å²) >= 11 is 0. The zero-order valence-electron chi connectivity index (χ0n) is 27.3. The second kappa shape index (κ2) is 13.5. The lowest BCUT2D eigenvalue weighted by Crippen LogP contribution is -2.41. The standard InChI is InChI=1S/C34H44N6O5S/c1-7-17-39-21-28(37-38-39)22-44-31(34(5,6)32(41)36-27-11-10-16-35-19-27)25-15-14-24(2)26(18-25)20-40-23-33(3,4)45-29-12-8-9-13-30(29)46(40,42)43/h8-16,18-19,21,31,42-43H,7,17,20,22-23H2,1-6H3,(H,36,41)/t31-/m1/s1. The highest BCUT2D eigenvalue weighted by Gasteiger charge is 2.41. The molecular weight excluding hydrogens is 604 g/mol. The van der Waals surface area contributed by atoms with Gasteiger partial charge in [-0.15, -0.1) is 15.9 Å². The van der Waals surface area contributed by atoms with Gasteiger partial charge in [0, 0.05) is 19.3 Å². The number of pyridine rings is 1. The van der Waals surface area contributed by atoms with E-state index in [4.69, 9.17) is 9.47 Å². The second-order valence-electron chi connectivity index (χ2n) is 12.9. The van der Waals surface area contributed by atoms with Crippen molar-refractivity contribution in [3.8, 4) is 5.75 Å². The Morgan fingerprint density at radius 1 is 1.17 bits per heavy atom. The summed E-state index contributed by atoms with van der Waals surface area (Å²) in [6.07, 6.45) is 5.34. The first-order valence-electron chi connectivity index (χ1n) is 15.4. The number of aryl methyl sites for hydroxylation is 2. The minimum absolute atomic E-state index is 0.149. The number of ether oxygens (including phenoxy) is 2. The highest BCUT2D eigenvalue weighted by atomic mass is 32.3. The predicted octanol–water partition coefficient (Wildman–Crippen LogP) is 7.01. The molecule has 46 heavy (non-hydrogen) atoms. The Kier molecular flexibility index (Phi) is 9.85. The molecule has 0 aliphatic carbocycles. The number of carbonyl (C=O) groups excluding carboxylic acids is 1. The molecule has 0 radical (unpaired) electrons. The Labute approximate surface area is 272 Å². The normalized spacial score (nSPS) is 17.3. The van der Waals surface area contributed by atoms with E-state index in [9.17, 15) is 13.9 Å². The Morgan fingerprint density at radius 2 is 1.96 bits per heavy atom. The van der Waals surface area contributed by atoms with Crippen molar-refractivity contribution >= 4 is 22.4 Å². The van der Waals surface area contributed by atoms with E-state index in [0.717, 1.165) is 29.7 Å². The number of benzene rings is 2. The van der Waals surface area contributed by atoms with Crippen molar-refractivity contribution in [3.63, 3.8) is 0 Å². The zero-order valence-corrected chi connectivity index (χ0v) is 28.1. The average molecular weight is 649 g/mol. The van der Waals surface area contributed by atoms with E-state index in [1.54, 1.807) is 51.7 Å². The van der Waals surface area contributed by atoms with Crippen molar-refractivity contribution in [1.82, 2.24) is 24.3 Å². The molecule has 0 spiro atoms. The summed E-state index contributed by atoms with van der Waals surface area (Å²) in [5.74, 6) is 0.227. The number of hydrogen-bond acceptors (Lipinski definition) is 9. The fourth-order valence-corrected chi connectivity index (χ4v) is 7.32. The van der Waals surface area contributed by atoms with E-state index in [2.05, 4.69) is 27.5 Å². The molecule has 1 atom stereocenters. The van der Waals surface area contributed by atoms with E-state index in [0.29, 0.717) is 22.0 Å². The van der Waals surface area contributed by atoms with Gasteiger partial charge >= 0.3 is 0 Å². The molecule has 3 heterocycles. The monoisotopic (exact) mass is 648 g/mol. The van der Waals surface area contributed by atoms with E-state index >= 15 is 0 Å². The third-order valence-electron chi connectivity index (χ3n) is 8.07. The molecular formula is C34H44N6O5S. The highest BCUT2D eigenvalue weighted by Crippen LogP contribution is 2.58. The molecule has 11 nitrogen and oxygen atoms in total. The number of amides is 1. The number of aromatic nitrogens is 4. The molecule has 1 aliphatic rings. The molecule has 246 valence electrons. The maximum Gasteiger partial charge on any atom is 0.233 e. The molecule has 4 aromatic rings. The van der Waals surface area contributed by atoms with Crippen molar-refractivity contribution in [1.29, 1.82) is 0 Å². The van der Waals surface area contributed by atoms with Crippen LogP contribution in [-0.2, 0) is 29.2 Å². The molecule has 0 saturated carbocycles. The molecule has 3 N–H and O–H groups in total. The van der Waals surface area contributed by atoms with E-state index in [-0.39, 0.29) is 25.6 Å². The zero-order chi connectivity index (χ0) is 33.1. The number of para-hydroxylation sites is 1. The molecule has 0 unspecified atom stereocenters. The topological polar surface area (TPSA) is 135 Å². The Morgan fingerprint density at radius 3 is 2.70 bits per heavy atom. The third-order valence-corrected chi connectivity index (χ3v) is 9.97. The van der Waals surface area contributed by atoms with Crippen LogP contribution in [0.25, 0.3) is 0 Å². The number of hydrogen-bond donors (Lipinski definition) is 3. The van der Waals surface area contributed by atoms with Gasteiger partial charge in [-0.05, 0) is 82.0 Å². The van der Waals surface area contributed by atoms with Gasteiger partial charge in [-0.3, -0.25) is 23.6 Å². The lowest BCUT2D eigenvalue weighted by atomic mass is 9.80. The Balaban J connectivity index is 1.48. The summed E-state index contributed by atoms with van der Waals surface area (Å²) in [5, 5.41) is 11.4. The lowest BCUT2D eigenvalue weighted by molar-refractivity contribution is -0.134. The quantitative estimate of drug-likeness (QED) is 0.157. The van der Waals surface area contributed by atoms with E-state index in [1.165, 1.54) is 0 Å². The van der Waals surface area contributed by atoms with Crippen molar-refractivity contribution in [2.45, 2.75) is 84.3 Å². The fraction of sp³-hybridized carbons (Fsp3) is 0.412. The minimum Gasteiger partial charge on any atom is -0.484 e. The van der Waals surface area contributed by atoms with Gasteiger partial charge < -0.3 is 14.8 Å². The number of rotatable bonds is 11. The van der Waals surface area contributed by atoms with Crippen LogP contribution in [0.5, 0.6) is 5.75 Å². The first-order valence-corrected chi connectivity index (χ1v) is 16.9. The van der Waals surface area contributed by atoms with Crippen molar-refractivity contribution in [3.05, 3.63) is 95.6 Å². The number of carbonyl (C=O) groups is 1. The SMILES string of the molecule is CCCn1cc(CO[C@H](c2ccc(C)c(CN3CC(C)(C)Oc4ccccc4S3(O)O)c2)C(C)(C)C(=O)Nc2cccnc2)nn1. The van der Waals surface area contributed by atoms with Gasteiger partial charge in [-0.25, -0.2) is 0 Å².